The molecule has 0 saturated heterocycles. The Morgan fingerprint density at radius 2 is 1.89 bits per heavy atom. The highest BCUT2D eigenvalue weighted by Crippen LogP contribution is 2.47. The third-order valence-electron chi connectivity index (χ3n) is 5.90. The van der Waals surface area contributed by atoms with Gasteiger partial charge < -0.3 is 25.8 Å². The lowest BCUT2D eigenvalue weighted by Crippen LogP contribution is -2.29. The largest absolute Gasteiger partial charge is 0.481 e. The van der Waals surface area contributed by atoms with Crippen LogP contribution in [0.4, 0.5) is 17.1 Å². The van der Waals surface area contributed by atoms with Gasteiger partial charge in [-0.05, 0) is 67.1 Å². The SMILES string of the molecule is CNC(=O)C(=Nc1ccc(Br)cc1)c1cc(C2CC2)c(N(CCCNC(=O)CCC(=O)O)SC)cc1N. The summed E-state index contributed by atoms with van der Waals surface area (Å²) in [5, 5.41) is 14.2. The zero-order chi connectivity index (χ0) is 26.9. The van der Waals surface area contributed by atoms with Crippen LogP contribution in [0, 0.1) is 0 Å². The van der Waals surface area contributed by atoms with Crippen LogP contribution in [0.25, 0.3) is 0 Å². The molecule has 1 aliphatic carbocycles. The Kier molecular flexibility index (Phi) is 10.4. The van der Waals surface area contributed by atoms with Gasteiger partial charge in [0.1, 0.15) is 5.71 Å². The summed E-state index contributed by atoms with van der Waals surface area (Å²) in [6.45, 7) is 1.11. The Bertz CT molecular complexity index is 1170. The van der Waals surface area contributed by atoms with E-state index in [4.69, 9.17) is 10.8 Å². The maximum absolute atomic E-state index is 12.8. The van der Waals surface area contributed by atoms with Gasteiger partial charge in [0.05, 0.1) is 17.8 Å². The van der Waals surface area contributed by atoms with E-state index in [1.54, 1.807) is 19.0 Å². The normalized spacial score (nSPS) is 13.2. The van der Waals surface area contributed by atoms with Crippen molar-refractivity contribution in [2.45, 2.75) is 38.0 Å². The summed E-state index contributed by atoms with van der Waals surface area (Å²) in [5.74, 6) is -1.18. The van der Waals surface area contributed by atoms with Crippen LogP contribution < -0.4 is 20.7 Å². The third kappa shape index (κ3) is 8.22. The van der Waals surface area contributed by atoms with Crippen LogP contribution in [0.3, 0.4) is 0 Å². The van der Waals surface area contributed by atoms with E-state index in [1.165, 1.54) is 0 Å². The number of aliphatic carboxylic acids is 1. The molecular weight excluding hydrogens is 558 g/mol. The first-order valence-electron chi connectivity index (χ1n) is 12.0. The van der Waals surface area contributed by atoms with Gasteiger partial charge in [-0.25, -0.2) is 4.99 Å². The average molecular weight is 591 g/mol. The smallest absolute Gasteiger partial charge is 0.303 e. The number of halogens is 1. The Labute approximate surface area is 229 Å². The summed E-state index contributed by atoms with van der Waals surface area (Å²) in [5.41, 5.74) is 10.6. The predicted molar refractivity (Wildman–Crippen MR) is 153 cm³/mol. The van der Waals surface area contributed by atoms with Crippen molar-refractivity contribution in [2.75, 3.05) is 36.4 Å². The number of aliphatic imine (C=N–C) groups is 1. The quantitative estimate of drug-likeness (QED) is 0.119. The minimum atomic E-state index is -0.987. The predicted octanol–water partition coefficient (Wildman–Crippen LogP) is 4.23. The van der Waals surface area contributed by atoms with Crippen molar-refractivity contribution >= 4 is 68.4 Å². The van der Waals surface area contributed by atoms with Crippen LogP contribution in [-0.4, -0.2) is 55.0 Å². The molecule has 2 aromatic carbocycles. The van der Waals surface area contributed by atoms with Gasteiger partial charge >= 0.3 is 5.97 Å². The molecule has 37 heavy (non-hydrogen) atoms. The molecule has 5 N–H and O–H groups in total. The van der Waals surface area contributed by atoms with Gasteiger partial charge in [-0.3, -0.25) is 14.4 Å². The first kappa shape index (κ1) is 28.5. The molecule has 0 unspecified atom stereocenters. The summed E-state index contributed by atoms with van der Waals surface area (Å²) >= 11 is 4.98. The second kappa shape index (κ2) is 13.5. The van der Waals surface area contributed by atoms with Crippen LogP contribution in [0.5, 0.6) is 0 Å². The number of carbonyl (C=O) groups is 3. The Morgan fingerprint density at radius 3 is 2.49 bits per heavy atom. The highest BCUT2D eigenvalue weighted by Gasteiger charge is 2.30. The van der Waals surface area contributed by atoms with E-state index in [2.05, 4.69) is 35.9 Å². The molecule has 198 valence electrons. The lowest BCUT2D eigenvalue weighted by Gasteiger charge is -2.26. The van der Waals surface area contributed by atoms with Gasteiger partial charge in [0, 0.05) is 48.5 Å². The van der Waals surface area contributed by atoms with Gasteiger partial charge in [-0.1, -0.05) is 27.9 Å². The Morgan fingerprint density at radius 1 is 1.19 bits per heavy atom. The van der Waals surface area contributed by atoms with Gasteiger partial charge in [0.25, 0.3) is 5.91 Å². The van der Waals surface area contributed by atoms with Crippen LogP contribution >= 0.6 is 27.9 Å². The zero-order valence-corrected chi connectivity index (χ0v) is 23.3. The van der Waals surface area contributed by atoms with E-state index >= 15 is 0 Å². The average Bonchev–Trinajstić information content (AvgIpc) is 3.72. The van der Waals surface area contributed by atoms with Crippen molar-refractivity contribution in [3.05, 3.63) is 52.0 Å². The molecule has 1 aliphatic rings. The number of hydrogen-bond acceptors (Lipinski definition) is 7. The molecule has 0 aromatic heterocycles. The van der Waals surface area contributed by atoms with Crippen molar-refractivity contribution in [1.82, 2.24) is 10.6 Å². The number of carbonyl (C=O) groups excluding carboxylic acids is 2. The zero-order valence-electron chi connectivity index (χ0n) is 20.9. The molecule has 2 aromatic rings. The summed E-state index contributed by atoms with van der Waals surface area (Å²) in [4.78, 5) is 39.9. The van der Waals surface area contributed by atoms with Crippen molar-refractivity contribution in [2.24, 2.45) is 4.99 Å². The van der Waals surface area contributed by atoms with Crippen molar-refractivity contribution in [3.63, 3.8) is 0 Å². The Balaban J connectivity index is 1.83. The summed E-state index contributed by atoms with van der Waals surface area (Å²) < 4.78 is 3.06. The number of nitrogen functional groups attached to an aromatic ring is 1. The summed E-state index contributed by atoms with van der Waals surface area (Å²) in [7, 11) is 1.57. The van der Waals surface area contributed by atoms with Gasteiger partial charge in [-0.2, -0.15) is 0 Å². The van der Waals surface area contributed by atoms with Crippen LogP contribution in [0.1, 0.15) is 49.1 Å². The van der Waals surface area contributed by atoms with Crippen molar-refractivity contribution in [3.8, 4) is 0 Å². The van der Waals surface area contributed by atoms with Crippen LogP contribution in [0.15, 0.2) is 45.9 Å². The molecule has 0 bridgehead atoms. The fourth-order valence-corrected chi connectivity index (χ4v) is 4.76. The van der Waals surface area contributed by atoms with Gasteiger partial charge in [0.15, 0.2) is 0 Å². The number of carboxylic acid groups (broad SMARTS) is 1. The number of nitrogens with two attached hydrogens (primary N) is 1. The number of anilines is 2. The maximum atomic E-state index is 12.8. The van der Waals surface area contributed by atoms with E-state index in [0.29, 0.717) is 42.4 Å². The second-order valence-electron chi connectivity index (χ2n) is 8.67. The molecule has 1 fully saturated rings. The van der Waals surface area contributed by atoms with Gasteiger partial charge in [-0.15, -0.1) is 0 Å². The molecule has 1 saturated carbocycles. The van der Waals surface area contributed by atoms with Crippen LogP contribution in [0.2, 0.25) is 0 Å². The topological polar surface area (TPSA) is 137 Å². The standard InChI is InChI=1S/C26H32BrN5O4S/c1-29-26(36)25(31-18-8-6-17(27)7-9-18)20-14-19(16-4-5-16)22(15-21(20)28)32(37-2)13-3-12-30-23(33)10-11-24(34)35/h6-9,14-16H,3-5,10-13,28H2,1-2H3,(H,29,36)(H,30,33)(H,34,35). The first-order chi connectivity index (χ1) is 17.7. The highest BCUT2D eigenvalue weighted by atomic mass is 79.9. The minimum absolute atomic E-state index is 0.0269. The molecule has 2 amide bonds. The molecule has 11 heteroatoms. The number of nitrogens with one attached hydrogen (secondary N) is 2. The number of likely N-dealkylation sites (N-methyl/N-ethyl adjacent to an activating group) is 1. The fraction of sp³-hybridized carbons (Fsp3) is 0.385. The molecule has 0 spiro atoms. The van der Waals surface area contributed by atoms with Crippen molar-refractivity contribution in [1.29, 1.82) is 0 Å². The number of carboxylic acids is 1. The van der Waals surface area contributed by atoms with Crippen molar-refractivity contribution < 1.29 is 19.5 Å². The summed E-state index contributed by atoms with van der Waals surface area (Å²) in [6.07, 6.45) is 4.59. The Hall–Kier alpha value is -3.05. The molecule has 3 rings (SSSR count). The summed E-state index contributed by atoms with van der Waals surface area (Å²) in [6, 6.07) is 11.3. The molecule has 0 heterocycles. The van der Waals surface area contributed by atoms with E-state index in [-0.39, 0.29) is 30.4 Å². The lowest BCUT2D eigenvalue weighted by molar-refractivity contribution is -0.138. The highest BCUT2D eigenvalue weighted by molar-refractivity contribution is 9.10. The molecule has 0 atom stereocenters. The first-order valence-corrected chi connectivity index (χ1v) is 14.0. The van der Waals surface area contributed by atoms with E-state index in [1.807, 2.05) is 42.7 Å². The lowest BCUT2D eigenvalue weighted by atomic mass is 9.98. The fourth-order valence-electron chi connectivity index (χ4n) is 3.83. The number of rotatable bonds is 13. The minimum Gasteiger partial charge on any atom is -0.481 e. The second-order valence-corrected chi connectivity index (χ2v) is 10.4. The number of nitrogens with zero attached hydrogens (tertiary/aromatic N) is 2. The third-order valence-corrected chi connectivity index (χ3v) is 7.24. The molecule has 9 nitrogen and oxygen atoms in total. The van der Waals surface area contributed by atoms with Crippen LogP contribution in [-0.2, 0) is 14.4 Å². The maximum Gasteiger partial charge on any atom is 0.303 e. The molecule has 0 aliphatic heterocycles. The molecule has 0 radical (unpaired) electrons. The molecular formula is C26H32BrN5O4S. The number of benzene rings is 2. The van der Waals surface area contributed by atoms with E-state index in [9.17, 15) is 14.4 Å². The number of amides is 2. The van der Waals surface area contributed by atoms with Gasteiger partial charge in [0.2, 0.25) is 5.91 Å². The monoisotopic (exact) mass is 589 g/mol. The number of hydrogen-bond donors (Lipinski definition) is 4. The van der Waals surface area contributed by atoms with E-state index in [0.717, 1.165) is 28.6 Å². The van der Waals surface area contributed by atoms with E-state index < -0.39 is 5.97 Å².